The van der Waals surface area contributed by atoms with E-state index >= 15 is 0 Å². The van der Waals surface area contributed by atoms with Gasteiger partial charge in [0.05, 0.1) is 6.54 Å². The summed E-state index contributed by atoms with van der Waals surface area (Å²) in [5.41, 5.74) is 0. The molecule has 1 aliphatic heterocycles. The van der Waals surface area contributed by atoms with Crippen LogP contribution in [0.1, 0.15) is 0 Å². The van der Waals surface area contributed by atoms with Crippen molar-refractivity contribution in [3.63, 3.8) is 0 Å². The third-order valence-electron chi connectivity index (χ3n) is 0.441. The minimum Gasteiger partial charge on any atom is -0.268 e. The molecule has 29 valence electrons. The number of rotatable bonds is 0. The standard InChI is InChI=1S/C3H4N2.B/c1-2-5-3-4-1;/h1,3H,2H2;. The Labute approximate surface area is 38.6 Å². The zero-order valence-electron chi connectivity index (χ0n) is 3.33. The fourth-order valence-corrected chi connectivity index (χ4v) is 0.236. The van der Waals surface area contributed by atoms with E-state index in [2.05, 4.69) is 9.98 Å². The lowest BCUT2D eigenvalue weighted by molar-refractivity contribution is 1.38. The van der Waals surface area contributed by atoms with Crippen molar-refractivity contribution >= 4 is 21.0 Å². The molecule has 0 aliphatic carbocycles. The molecule has 1 aliphatic rings. The van der Waals surface area contributed by atoms with Crippen molar-refractivity contribution in [3.05, 3.63) is 0 Å². The maximum atomic E-state index is 3.74. The minimum atomic E-state index is 0. The van der Waals surface area contributed by atoms with E-state index < -0.39 is 0 Å². The molecule has 3 radical (unpaired) electrons. The lowest BCUT2D eigenvalue weighted by Gasteiger charge is -1.56. The zero-order valence-corrected chi connectivity index (χ0v) is 3.33. The zero-order chi connectivity index (χ0) is 3.54. The molecule has 0 aromatic carbocycles. The highest BCUT2D eigenvalue weighted by molar-refractivity contribution is 5.79. The normalized spacial score (nSPS) is 14.7. The first-order chi connectivity index (χ1) is 2.50. The summed E-state index contributed by atoms with van der Waals surface area (Å²) >= 11 is 0. The molecule has 0 N–H and O–H groups in total. The van der Waals surface area contributed by atoms with Gasteiger partial charge in [-0.25, -0.2) is 4.99 Å². The first kappa shape index (κ1) is 5.40. The van der Waals surface area contributed by atoms with E-state index in [-0.39, 0.29) is 8.41 Å². The molecule has 0 unspecified atom stereocenters. The number of nitrogens with zero attached hydrogens (tertiary/aromatic N) is 2. The first-order valence-corrected chi connectivity index (χ1v) is 1.50. The summed E-state index contributed by atoms with van der Waals surface area (Å²) in [4.78, 5) is 7.40. The van der Waals surface area contributed by atoms with Crippen molar-refractivity contribution in [1.29, 1.82) is 0 Å². The molecule has 0 spiro atoms. The summed E-state index contributed by atoms with van der Waals surface area (Å²) < 4.78 is 0. The molecule has 1 rings (SSSR count). The molecule has 0 aromatic rings. The molecule has 0 fully saturated rings. The van der Waals surface area contributed by atoms with E-state index in [1.54, 1.807) is 12.6 Å². The van der Waals surface area contributed by atoms with E-state index in [1.165, 1.54) is 0 Å². The molecule has 2 nitrogen and oxygen atoms in total. The van der Waals surface area contributed by atoms with Crippen LogP contribution in [0, 0.1) is 0 Å². The summed E-state index contributed by atoms with van der Waals surface area (Å²) in [6.45, 7) is 0.778. The van der Waals surface area contributed by atoms with Gasteiger partial charge in [-0.3, -0.25) is 4.99 Å². The molecular formula is C3H4BN2. The van der Waals surface area contributed by atoms with Crippen LogP contribution in [0.3, 0.4) is 0 Å². The highest BCUT2D eigenvalue weighted by Crippen LogP contribution is 1.71. The molecule has 6 heavy (non-hydrogen) atoms. The monoisotopic (exact) mass is 79.0 g/mol. The molecule has 0 bridgehead atoms. The van der Waals surface area contributed by atoms with Gasteiger partial charge in [-0.05, 0) is 0 Å². The number of hydrogen-bond acceptors (Lipinski definition) is 2. The van der Waals surface area contributed by atoms with Gasteiger partial charge in [-0.15, -0.1) is 0 Å². The van der Waals surface area contributed by atoms with E-state index in [1.807, 2.05) is 0 Å². The van der Waals surface area contributed by atoms with Gasteiger partial charge in [-0.1, -0.05) is 0 Å². The largest absolute Gasteiger partial charge is 0.268 e. The highest BCUT2D eigenvalue weighted by Gasteiger charge is 1.73. The Hall–Kier alpha value is -0.595. The number of aliphatic imine (C=N–C) groups is 2. The molecule has 1 heterocycles. The van der Waals surface area contributed by atoms with Crippen molar-refractivity contribution in [3.8, 4) is 0 Å². The summed E-state index contributed by atoms with van der Waals surface area (Å²) in [6, 6.07) is 0. The van der Waals surface area contributed by atoms with Crippen molar-refractivity contribution < 1.29 is 0 Å². The Bertz CT molecular complexity index is 66.9. The lowest BCUT2D eigenvalue weighted by Crippen LogP contribution is -1.65. The molecule has 0 saturated heterocycles. The SMILES string of the molecule is C1=NC=NC1.[B]. The van der Waals surface area contributed by atoms with Crippen LogP contribution >= 0.6 is 0 Å². The molecule has 0 aromatic heterocycles. The van der Waals surface area contributed by atoms with Crippen molar-refractivity contribution in [2.75, 3.05) is 6.54 Å². The minimum absolute atomic E-state index is 0. The Kier molecular flexibility index (Phi) is 2.37. The van der Waals surface area contributed by atoms with Crippen molar-refractivity contribution in [2.24, 2.45) is 9.98 Å². The maximum Gasteiger partial charge on any atom is 0.109 e. The average Bonchev–Trinajstić information content (AvgIpc) is 1.76. The summed E-state index contributed by atoms with van der Waals surface area (Å²) in [5.74, 6) is 0. The summed E-state index contributed by atoms with van der Waals surface area (Å²) in [7, 11) is 0. The second-order valence-corrected chi connectivity index (χ2v) is 0.812. The van der Waals surface area contributed by atoms with Crippen LogP contribution in [0.2, 0.25) is 0 Å². The van der Waals surface area contributed by atoms with Gasteiger partial charge in [0.2, 0.25) is 0 Å². The second kappa shape index (κ2) is 2.63. The summed E-state index contributed by atoms with van der Waals surface area (Å²) in [6.07, 6.45) is 3.32. The predicted molar refractivity (Wildman–Crippen MR) is 27.6 cm³/mol. The van der Waals surface area contributed by atoms with E-state index in [0.29, 0.717) is 0 Å². The highest BCUT2D eigenvalue weighted by atomic mass is 14.9. The van der Waals surface area contributed by atoms with E-state index in [4.69, 9.17) is 0 Å². The van der Waals surface area contributed by atoms with Gasteiger partial charge in [0, 0.05) is 14.6 Å². The Morgan fingerprint density at radius 1 is 1.50 bits per heavy atom. The molecule has 0 amide bonds. The van der Waals surface area contributed by atoms with E-state index in [9.17, 15) is 0 Å². The number of hydrogen-bond donors (Lipinski definition) is 0. The van der Waals surface area contributed by atoms with Crippen LogP contribution in [-0.2, 0) is 0 Å². The molecule has 0 saturated carbocycles. The van der Waals surface area contributed by atoms with Gasteiger partial charge in [-0.2, -0.15) is 0 Å². The second-order valence-electron chi connectivity index (χ2n) is 0.812. The molecule has 0 atom stereocenters. The Balaban J connectivity index is 0.000000250. The smallest absolute Gasteiger partial charge is 0.109 e. The van der Waals surface area contributed by atoms with Gasteiger partial charge >= 0.3 is 0 Å². The first-order valence-electron chi connectivity index (χ1n) is 1.50. The van der Waals surface area contributed by atoms with Crippen molar-refractivity contribution in [1.82, 2.24) is 0 Å². The van der Waals surface area contributed by atoms with Gasteiger partial charge in [0.15, 0.2) is 0 Å². The Morgan fingerprint density at radius 3 is 2.50 bits per heavy atom. The molecule has 3 heteroatoms. The van der Waals surface area contributed by atoms with Crippen LogP contribution in [-0.4, -0.2) is 27.5 Å². The van der Waals surface area contributed by atoms with Crippen molar-refractivity contribution in [2.45, 2.75) is 0 Å². The predicted octanol–water partition coefficient (Wildman–Crippen LogP) is -0.282. The fraction of sp³-hybridized carbons (Fsp3) is 0.333. The third-order valence-corrected chi connectivity index (χ3v) is 0.441. The van der Waals surface area contributed by atoms with Gasteiger partial charge in [0.1, 0.15) is 6.34 Å². The van der Waals surface area contributed by atoms with Gasteiger partial charge < -0.3 is 0 Å². The fourth-order valence-electron chi connectivity index (χ4n) is 0.236. The summed E-state index contributed by atoms with van der Waals surface area (Å²) in [5, 5.41) is 0. The topological polar surface area (TPSA) is 24.7 Å². The van der Waals surface area contributed by atoms with Crippen LogP contribution in [0.25, 0.3) is 0 Å². The van der Waals surface area contributed by atoms with Gasteiger partial charge in [0.25, 0.3) is 0 Å². The lowest BCUT2D eigenvalue weighted by atomic mass is 10.8. The van der Waals surface area contributed by atoms with Crippen LogP contribution < -0.4 is 0 Å². The van der Waals surface area contributed by atoms with Crippen LogP contribution in [0.15, 0.2) is 9.98 Å². The van der Waals surface area contributed by atoms with E-state index in [0.717, 1.165) is 6.54 Å². The molecular weight excluding hydrogens is 74.9 g/mol. The maximum absolute atomic E-state index is 3.74. The quantitative estimate of drug-likeness (QED) is 0.356. The Morgan fingerprint density at radius 2 is 2.33 bits per heavy atom. The third kappa shape index (κ3) is 1.01. The van der Waals surface area contributed by atoms with Crippen LogP contribution in [0.4, 0.5) is 0 Å². The average molecular weight is 78.9 g/mol. The van der Waals surface area contributed by atoms with Crippen LogP contribution in [0.5, 0.6) is 0 Å².